The Balaban J connectivity index is 1.49. The number of nitrogens with zero attached hydrogens (tertiary/aromatic N) is 2. The molecule has 2 atom stereocenters. The van der Waals surface area contributed by atoms with Gasteiger partial charge < -0.3 is 4.90 Å². The molecule has 0 aromatic heterocycles. The van der Waals surface area contributed by atoms with Gasteiger partial charge in [0.25, 0.3) is 0 Å². The molecule has 2 saturated heterocycles. The lowest BCUT2D eigenvalue weighted by Gasteiger charge is -2.32. The van der Waals surface area contributed by atoms with Crippen LogP contribution in [0.5, 0.6) is 0 Å². The third-order valence-corrected chi connectivity index (χ3v) is 5.79. The van der Waals surface area contributed by atoms with Crippen molar-refractivity contribution in [2.24, 2.45) is 11.3 Å². The Labute approximate surface area is 123 Å². The quantitative estimate of drug-likeness (QED) is 0.792. The minimum atomic E-state index is -0.0589. The fourth-order valence-corrected chi connectivity index (χ4v) is 4.39. The Kier molecular flexibility index (Phi) is 4.19. The molecule has 114 valence electrons. The summed E-state index contributed by atoms with van der Waals surface area (Å²) in [5.41, 5.74) is -0.0589. The fourth-order valence-electron chi connectivity index (χ4n) is 4.39. The zero-order chi connectivity index (χ0) is 14.2. The topological polar surface area (TPSA) is 23.6 Å². The highest BCUT2D eigenvalue weighted by atomic mass is 16.1. The average molecular weight is 278 g/mol. The molecule has 0 aromatic carbocycles. The SMILES string of the molecule is CC1(C)CCC(CN2CCC(N3CCCCC3)C2)C1=O. The first-order valence-electron chi connectivity index (χ1n) is 8.57. The highest BCUT2D eigenvalue weighted by Crippen LogP contribution is 2.38. The van der Waals surface area contributed by atoms with Crippen molar-refractivity contribution in [3.8, 4) is 0 Å². The molecule has 0 spiro atoms. The second kappa shape index (κ2) is 5.76. The van der Waals surface area contributed by atoms with E-state index in [0.717, 1.165) is 25.4 Å². The van der Waals surface area contributed by atoms with Gasteiger partial charge in [-0.1, -0.05) is 20.3 Å². The van der Waals surface area contributed by atoms with Gasteiger partial charge in [-0.2, -0.15) is 0 Å². The molecule has 3 aliphatic rings. The summed E-state index contributed by atoms with van der Waals surface area (Å²) in [4.78, 5) is 17.6. The molecule has 3 rings (SSSR count). The van der Waals surface area contributed by atoms with Crippen molar-refractivity contribution < 1.29 is 4.79 Å². The molecule has 2 unspecified atom stereocenters. The molecule has 2 aliphatic heterocycles. The molecule has 0 aromatic rings. The van der Waals surface area contributed by atoms with Gasteiger partial charge in [0.15, 0.2) is 0 Å². The summed E-state index contributed by atoms with van der Waals surface area (Å²) in [6, 6.07) is 0.764. The number of ketones is 1. The van der Waals surface area contributed by atoms with E-state index >= 15 is 0 Å². The van der Waals surface area contributed by atoms with E-state index in [0.29, 0.717) is 11.7 Å². The van der Waals surface area contributed by atoms with Crippen LogP contribution in [0.2, 0.25) is 0 Å². The molecule has 20 heavy (non-hydrogen) atoms. The molecule has 0 amide bonds. The maximum Gasteiger partial charge on any atom is 0.142 e. The molecule has 2 heterocycles. The summed E-state index contributed by atoms with van der Waals surface area (Å²) in [6.07, 6.45) is 7.68. The molecule has 3 heteroatoms. The minimum Gasteiger partial charge on any atom is -0.301 e. The predicted octanol–water partition coefficient (Wildman–Crippen LogP) is 2.55. The zero-order valence-corrected chi connectivity index (χ0v) is 13.2. The molecule has 0 radical (unpaired) electrons. The first-order chi connectivity index (χ1) is 9.56. The normalized spacial score (nSPS) is 35.8. The standard InChI is InChI=1S/C17H30N2O/c1-17(2)8-6-14(16(17)20)12-18-11-7-15(13-18)19-9-4-3-5-10-19/h14-15H,3-13H2,1-2H3. The summed E-state index contributed by atoms with van der Waals surface area (Å²) >= 11 is 0. The van der Waals surface area contributed by atoms with Crippen molar-refractivity contribution in [3.05, 3.63) is 0 Å². The Morgan fingerprint density at radius 2 is 1.85 bits per heavy atom. The third kappa shape index (κ3) is 2.94. The second-order valence-corrected chi connectivity index (χ2v) is 7.78. The first-order valence-corrected chi connectivity index (χ1v) is 8.57. The Bertz CT molecular complexity index is 360. The zero-order valence-electron chi connectivity index (χ0n) is 13.2. The van der Waals surface area contributed by atoms with Crippen molar-refractivity contribution in [1.29, 1.82) is 0 Å². The van der Waals surface area contributed by atoms with Crippen LogP contribution in [0.25, 0.3) is 0 Å². The summed E-state index contributed by atoms with van der Waals surface area (Å²) in [7, 11) is 0. The summed E-state index contributed by atoms with van der Waals surface area (Å²) in [5.74, 6) is 0.823. The van der Waals surface area contributed by atoms with Crippen molar-refractivity contribution in [3.63, 3.8) is 0 Å². The molecule has 0 bridgehead atoms. The van der Waals surface area contributed by atoms with E-state index in [4.69, 9.17) is 0 Å². The van der Waals surface area contributed by atoms with E-state index in [1.807, 2.05) is 0 Å². The lowest BCUT2D eigenvalue weighted by atomic mass is 9.89. The van der Waals surface area contributed by atoms with Crippen LogP contribution < -0.4 is 0 Å². The number of carbonyl (C=O) groups excluding carboxylic acids is 1. The van der Waals surface area contributed by atoms with E-state index in [9.17, 15) is 4.79 Å². The second-order valence-electron chi connectivity index (χ2n) is 7.78. The number of likely N-dealkylation sites (tertiary alicyclic amines) is 2. The molecular formula is C17H30N2O. The van der Waals surface area contributed by atoms with Crippen molar-refractivity contribution in [2.75, 3.05) is 32.7 Å². The van der Waals surface area contributed by atoms with Gasteiger partial charge in [-0.3, -0.25) is 9.69 Å². The summed E-state index contributed by atoms with van der Waals surface area (Å²) in [5, 5.41) is 0. The van der Waals surface area contributed by atoms with Gasteiger partial charge >= 0.3 is 0 Å². The molecule has 0 N–H and O–H groups in total. The van der Waals surface area contributed by atoms with Crippen LogP contribution in [-0.2, 0) is 4.79 Å². The number of hydrogen-bond acceptors (Lipinski definition) is 3. The van der Waals surface area contributed by atoms with Gasteiger partial charge in [-0.25, -0.2) is 0 Å². The molecular weight excluding hydrogens is 248 g/mol. The number of hydrogen-bond donors (Lipinski definition) is 0. The molecule has 1 saturated carbocycles. The van der Waals surface area contributed by atoms with E-state index < -0.39 is 0 Å². The lowest BCUT2D eigenvalue weighted by Crippen LogP contribution is -2.41. The maximum atomic E-state index is 12.4. The van der Waals surface area contributed by atoms with E-state index in [-0.39, 0.29) is 5.41 Å². The smallest absolute Gasteiger partial charge is 0.142 e. The van der Waals surface area contributed by atoms with E-state index in [1.165, 1.54) is 51.9 Å². The van der Waals surface area contributed by atoms with Gasteiger partial charge in [0.1, 0.15) is 5.78 Å². The Hall–Kier alpha value is -0.410. The fraction of sp³-hybridized carbons (Fsp3) is 0.941. The molecule has 1 aliphatic carbocycles. The van der Waals surface area contributed by atoms with Gasteiger partial charge in [0.05, 0.1) is 0 Å². The monoisotopic (exact) mass is 278 g/mol. The van der Waals surface area contributed by atoms with Crippen LogP contribution in [-0.4, -0.2) is 54.3 Å². The van der Waals surface area contributed by atoms with Crippen LogP contribution in [0.3, 0.4) is 0 Å². The summed E-state index contributed by atoms with van der Waals surface area (Å²) in [6.45, 7) is 10.3. The van der Waals surface area contributed by atoms with E-state index in [1.54, 1.807) is 0 Å². The third-order valence-electron chi connectivity index (χ3n) is 5.79. The van der Waals surface area contributed by atoms with Gasteiger partial charge in [-0.15, -0.1) is 0 Å². The molecule has 3 nitrogen and oxygen atoms in total. The van der Waals surface area contributed by atoms with Crippen molar-refractivity contribution >= 4 is 5.78 Å². The predicted molar refractivity (Wildman–Crippen MR) is 81.8 cm³/mol. The Morgan fingerprint density at radius 3 is 2.50 bits per heavy atom. The average Bonchev–Trinajstić information content (AvgIpc) is 3.01. The van der Waals surface area contributed by atoms with E-state index in [2.05, 4.69) is 23.6 Å². The lowest BCUT2D eigenvalue weighted by molar-refractivity contribution is -0.127. The minimum absolute atomic E-state index is 0.0589. The number of carbonyl (C=O) groups is 1. The van der Waals surface area contributed by atoms with Gasteiger partial charge in [0, 0.05) is 30.5 Å². The van der Waals surface area contributed by atoms with Crippen LogP contribution in [0, 0.1) is 11.3 Å². The van der Waals surface area contributed by atoms with Gasteiger partial charge in [0.2, 0.25) is 0 Å². The number of Topliss-reactive ketones (excluding diaryl/α,β-unsaturated/α-hetero) is 1. The largest absolute Gasteiger partial charge is 0.301 e. The van der Waals surface area contributed by atoms with Crippen LogP contribution in [0.4, 0.5) is 0 Å². The van der Waals surface area contributed by atoms with Crippen LogP contribution >= 0.6 is 0 Å². The first kappa shape index (κ1) is 14.5. The highest BCUT2D eigenvalue weighted by molar-refractivity contribution is 5.88. The van der Waals surface area contributed by atoms with Crippen molar-refractivity contribution in [1.82, 2.24) is 9.80 Å². The molecule has 3 fully saturated rings. The van der Waals surface area contributed by atoms with Crippen LogP contribution in [0.1, 0.15) is 52.4 Å². The summed E-state index contributed by atoms with van der Waals surface area (Å²) < 4.78 is 0. The number of rotatable bonds is 3. The highest BCUT2D eigenvalue weighted by Gasteiger charge is 2.41. The Morgan fingerprint density at radius 1 is 1.10 bits per heavy atom. The number of piperidine rings is 1. The van der Waals surface area contributed by atoms with Crippen molar-refractivity contribution in [2.45, 2.75) is 58.4 Å². The maximum absolute atomic E-state index is 12.4. The van der Waals surface area contributed by atoms with Gasteiger partial charge in [-0.05, 0) is 51.7 Å². The van der Waals surface area contributed by atoms with Crippen LogP contribution in [0.15, 0.2) is 0 Å².